The van der Waals surface area contributed by atoms with Crippen molar-refractivity contribution < 1.29 is 12.0 Å². The molecule has 6 heteroatoms. The number of rotatable bonds is 7. The van der Waals surface area contributed by atoms with Crippen molar-refractivity contribution in [3.63, 3.8) is 0 Å². The normalized spacial score (nSPS) is 13.3. The van der Waals surface area contributed by atoms with Gasteiger partial charge in [-0.1, -0.05) is 31.5 Å². The number of ketones is 1. The third-order valence-electron chi connectivity index (χ3n) is 4.93. The van der Waals surface area contributed by atoms with E-state index in [0.717, 1.165) is 18.4 Å². The molecule has 0 unspecified atom stereocenters. The second-order valence-electron chi connectivity index (χ2n) is 6.67. The summed E-state index contributed by atoms with van der Waals surface area (Å²) >= 11 is 6.19. The van der Waals surface area contributed by atoms with E-state index in [9.17, 15) is 4.79 Å². The van der Waals surface area contributed by atoms with Gasteiger partial charge in [0.1, 0.15) is 5.82 Å². The first-order valence-electron chi connectivity index (χ1n) is 8.94. The number of halogens is 2. The van der Waals surface area contributed by atoms with E-state index in [-0.39, 0.29) is 25.3 Å². The Hall–Kier alpha value is -2.53. The molecule has 0 aliphatic heterocycles. The second kappa shape index (κ2) is 8.44. The highest BCUT2D eigenvalue weighted by atomic mass is 35.5. The van der Waals surface area contributed by atoms with Crippen molar-refractivity contribution in [2.24, 2.45) is 0 Å². The van der Waals surface area contributed by atoms with Gasteiger partial charge in [0.05, 0.1) is 16.8 Å². The van der Waals surface area contributed by atoms with E-state index < -0.39 is 11.6 Å². The van der Waals surface area contributed by atoms with Crippen LogP contribution in [0.15, 0.2) is 49.1 Å². The van der Waals surface area contributed by atoms with Crippen molar-refractivity contribution in [3.8, 4) is 0 Å². The quantitative estimate of drug-likeness (QED) is 0.503. The van der Waals surface area contributed by atoms with E-state index in [4.69, 9.17) is 11.6 Å². The van der Waals surface area contributed by atoms with Crippen molar-refractivity contribution in [3.05, 3.63) is 82.1 Å². The molecule has 3 rings (SSSR count). The summed E-state index contributed by atoms with van der Waals surface area (Å²) in [5, 5.41) is 6.91. The van der Waals surface area contributed by atoms with Crippen molar-refractivity contribution >= 4 is 17.4 Å². The highest BCUT2D eigenvalue weighted by molar-refractivity contribution is 6.35. The number of aromatic amines is 1. The van der Waals surface area contributed by atoms with Crippen LogP contribution in [0.25, 0.3) is 0 Å². The molecule has 0 radical (unpaired) electrons. The van der Waals surface area contributed by atoms with Gasteiger partial charge >= 0.3 is 0 Å². The SMILES string of the molecule is CC[C@@H](C[C@@H](C)c1cn[nH]c1)c1ccc(Cl)c(C(=O)c2cccnc2)c1F.[HH].[HH]. The van der Waals surface area contributed by atoms with Crippen LogP contribution in [0, 0.1) is 5.82 Å². The molecule has 0 amide bonds. The largest absolute Gasteiger partial charge is 0.288 e. The van der Waals surface area contributed by atoms with Crippen LogP contribution in [0.2, 0.25) is 5.02 Å². The zero-order valence-corrected chi connectivity index (χ0v) is 16.0. The zero-order chi connectivity index (χ0) is 19.4. The molecule has 0 aliphatic rings. The molecule has 1 N–H and O–H groups in total. The van der Waals surface area contributed by atoms with Gasteiger partial charge in [-0.05, 0) is 54.0 Å². The smallest absolute Gasteiger partial charge is 0.199 e. The lowest BCUT2D eigenvalue weighted by Gasteiger charge is -2.21. The molecular weight excluding hydrogens is 365 g/mol. The first-order valence-corrected chi connectivity index (χ1v) is 9.32. The maximum Gasteiger partial charge on any atom is 0.199 e. The summed E-state index contributed by atoms with van der Waals surface area (Å²) in [7, 11) is 0. The number of carbonyl (C=O) groups excluding carboxylic acids is 1. The summed E-state index contributed by atoms with van der Waals surface area (Å²) in [5.74, 6) is -0.818. The number of aromatic nitrogens is 3. The Morgan fingerprint density at radius 2 is 2.15 bits per heavy atom. The summed E-state index contributed by atoms with van der Waals surface area (Å²) in [6, 6.07) is 6.54. The zero-order valence-electron chi connectivity index (χ0n) is 15.2. The number of H-pyrrole nitrogens is 1. The number of pyridine rings is 1. The molecule has 4 nitrogen and oxygen atoms in total. The first kappa shape index (κ1) is 19.2. The van der Waals surface area contributed by atoms with Gasteiger partial charge in [0.2, 0.25) is 0 Å². The standard InChI is InChI=1S/C21H21ClFN3O.2H2/c1-3-14(9-13(2)16-11-25-26-12-16)17-6-7-18(22)19(20(17)23)21(27)15-5-4-8-24-10-15;;/h4-8,10-14H,3,9H2,1-2H3,(H,25,26);2*1H/t13-,14+;;/m1../s1. The number of hydrogen-bond donors (Lipinski definition) is 1. The van der Waals surface area contributed by atoms with Crippen LogP contribution >= 0.6 is 11.6 Å². The summed E-state index contributed by atoms with van der Waals surface area (Å²) in [5.41, 5.74) is 1.82. The van der Waals surface area contributed by atoms with Crippen molar-refractivity contribution in [1.29, 1.82) is 0 Å². The highest BCUT2D eigenvalue weighted by Crippen LogP contribution is 2.36. The monoisotopic (exact) mass is 389 g/mol. The molecule has 0 fully saturated rings. The number of nitrogens with zero attached hydrogens (tertiary/aromatic N) is 2. The second-order valence-corrected chi connectivity index (χ2v) is 7.08. The van der Waals surface area contributed by atoms with Crippen molar-refractivity contribution in [2.45, 2.75) is 38.5 Å². The van der Waals surface area contributed by atoms with Crippen LogP contribution in [0.4, 0.5) is 4.39 Å². The summed E-state index contributed by atoms with van der Waals surface area (Å²) in [6.45, 7) is 4.10. The van der Waals surface area contributed by atoms with Gasteiger partial charge in [0, 0.05) is 27.0 Å². The fourth-order valence-corrected chi connectivity index (χ4v) is 3.57. The fourth-order valence-electron chi connectivity index (χ4n) is 3.34. The Balaban J connectivity index is 0.00000210. The van der Waals surface area contributed by atoms with E-state index in [0.29, 0.717) is 11.1 Å². The number of carbonyl (C=O) groups is 1. The molecule has 2 atom stereocenters. The van der Waals surface area contributed by atoms with Crippen LogP contribution in [-0.2, 0) is 0 Å². The molecule has 2 heterocycles. The predicted octanol–water partition coefficient (Wildman–Crippen LogP) is 6.01. The summed E-state index contributed by atoms with van der Waals surface area (Å²) in [4.78, 5) is 16.7. The van der Waals surface area contributed by atoms with E-state index in [1.54, 1.807) is 36.7 Å². The lowest BCUT2D eigenvalue weighted by Crippen LogP contribution is -2.11. The molecule has 144 valence electrons. The van der Waals surface area contributed by atoms with Crippen LogP contribution in [-0.4, -0.2) is 21.0 Å². The van der Waals surface area contributed by atoms with Gasteiger partial charge in [-0.25, -0.2) is 4.39 Å². The van der Waals surface area contributed by atoms with Crippen LogP contribution in [0.5, 0.6) is 0 Å². The maximum absolute atomic E-state index is 15.4. The van der Waals surface area contributed by atoms with Crippen LogP contribution in [0.1, 0.15) is 68.4 Å². The predicted molar refractivity (Wildman–Crippen MR) is 108 cm³/mol. The van der Waals surface area contributed by atoms with Gasteiger partial charge in [0.25, 0.3) is 0 Å². The Labute approximate surface area is 165 Å². The first-order chi connectivity index (χ1) is 13.0. The van der Waals surface area contributed by atoms with Crippen LogP contribution in [0.3, 0.4) is 0 Å². The van der Waals surface area contributed by atoms with E-state index in [2.05, 4.69) is 22.1 Å². The summed E-state index contributed by atoms with van der Waals surface area (Å²) in [6.07, 6.45) is 8.12. The highest BCUT2D eigenvalue weighted by Gasteiger charge is 2.25. The van der Waals surface area contributed by atoms with Crippen LogP contribution < -0.4 is 0 Å². The van der Waals surface area contributed by atoms with E-state index in [1.165, 1.54) is 6.20 Å². The van der Waals surface area contributed by atoms with E-state index >= 15 is 4.39 Å². The van der Waals surface area contributed by atoms with Gasteiger partial charge in [-0.2, -0.15) is 5.10 Å². The lowest BCUT2D eigenvalue weighted by atomic mass is 9.84. The third-order valence-corrected chi connectivity index (χ3v) is 5.25. The number of hydrogen-bond acceptors (Lipinski definition) is 3. The molecule has 0 spiro atoms. The minimum atomic E-state index is -0.539. The third kappa shape index (κ3) is 4.08. The molecule has 27 heavy (non-hydrogen) atoms. The van der Waals surface area contributed by atoms with Gasteiger partial charge < -0.3 is 0 Å². The van der Waals surface area contributed by atoms with Gasteiger partial charge in [0.15, 0.2) is 5.78 Å². The topological polar surface area (TPSA) is 58.6 Å². The van der Waals surface area contributed by atoms with Gasteiger partial charge in [-0.15, -0.1) is 0 Å². The molecule has 0 saturated carbocycles. The van der Waals surface area contributed by atoms with Crippen molar-refractivity contribution in [2.75, 3.05) is 0 Å². The fraction of sp³-hybridized carbons (Fsp3) is 0.286. The molecular formula is C21H25ClFN3O. The molecule has 3 aromatic rings. The maximum atomic E-state index is 15.4. The Morgan fingerprint density at radius 1 is 1.33 bits per heavy atom. The van der Waals surface area contributed by atoms with E-state index in [1.807, 2.05) is 13.1 Å². The molecule has 0 saturated heterocycles. The number of benzene rings is 1. The lowest BCUT2D eigenvalue weighted by molar-refractivity contribution is 0.103. The number of nitrogens with one attached hydrogen (secondary N) is 1. The van der Waals surface area contributed by atoms with Crippen molar-refractivity contribution in [1.82, 2.24) is 15.2 Å². The molecule has 0 bridgehead atoms. The van der Waals surface area contributed by atoms with Gasteiger partial charge in [-0.3, -0.25) is 14.9 Å². The minimum Gasteiger partial charge on any atom is -0.288 e. The minimum absolute atomic E-state index is 0. The Kier molecular flexibility index (Phi) is 6.01. The average Bonchev–Trinajstić information content (AvgIpc) is 3.22. The Bertz CT molecular complexity index is 923. The Morgan fingerprint density at radius 3 is 2.78 bits per heavy atom. The molecule has 2 aromatic heterocycles. The molecule has 0 aliphatic carbocycles. The summed E-state index contributed by atoms with van der Waals surface area (Å²) < 4.78 is 15.4. The molecule has 1 aromatic carbocycles. The average molecular weight is 390 g/mol.